The third kappa shape index (κ3) is 3.19. The number of aliphatic carboxylic acids is 1. The first-order chi connectivity index (χ1) is 11.5. The first-order valence-electron chi connectivity index (χ1n) is 8.09. The van der Waals surface area contributed by atoms with E-state index in [2.05, 4.69) is 0 Å². The minimum absolute atomic E-state index is 0.236. The lowest BCUT2D eigenvalue weighted by atomic mass is 9.67. The van der Waals surface area contributed by atoms with Crippen molar-refractivity contribution in [3.8, 4) is 0 Å². The fraction of sp³-hybridized carbons (Fsp3) is 0.316. The van der Waals surface area contributed by atoms with E-state index in [1.807, 2.05) is 60.7 Å². The van der Waals surface area contributed by atoms with Crippen molar-refractivity contribution in [3.63, 3.8) is 0 Å². The summed E-state index contributed by atoms with van der Waals surface area (Å²) in [7, 11) is 0. The van der Waals surface area contributed by atoms with E-state index in [9.17, 15) is 9.90 Å². The Labute approximate surface area is 142 Å². The second kappa shape index (κ2) is 7.57. The molecule has 0 saturated carbocycles. The third-order valence-corrected chi connectivity index (χ3v) is 4.57. The average molecular weight is 327 g/mol. The largest absolute Gasteiger partial charge is 0.480 e. The number of rotatable bonds is 8. The highest BCUT2D eigenvalue weighted by Gasteiger charge is 2.53. The maximum atomic E-state index is 12.2. The van der Waals surface area contributed by atoms with Gasteiger partial charge in [-0.25, -0.2) is 0 Å². The number of carboxylic acid groups (broad SMARTS) is 1. The highest BCUT2D eigenvalue weighted by molar-refractivity contribution is 5.82. The predicted octanol–water partition coefficient (Wildman–Crippen LogP) is 1.80. The number of hydrogen-bond donors (Lipinski definition) is 4. The molecule has 0 aromatic heterocycles. The highest BCUT2D eigenvalue weighted by Crippen LogP contribution is 2.39. The van der Waals surface area contributed by atoms with Crippen molar-refractivity contribution in [2.24, 2.45) is 17.2 Å². The van der Waals surface area contributed by atoms with Gasteiger partial charge in [0.2, 0.25) is 0 Å². The number of hydrogen-bond acceptors (Lipinski definition) is 4. The lowest BCUT2D eigenvalue weighted by Gasteiger charge is -2.44. The Morgan fingerprint density at radius 2 is 1.33 bits per heavy atom. The van der Waals surface area contributed by atoms with Crippen molar-refractivity contribution in [2.45, 2.75) is 30.3 Å². The van der Waals surface area contributed by atoms with Gasteiger partial charge in [0, 0.05) is 0 Å². The van der Waals surface area contributed by atoms with E-state index < -0.39 is 17.0 Å². The van der Waals surface area contributed by atoms with Gasteiger partial charge in [0.05, 0.1) is 5.54 Å². The number of unbranched alkanes of at least 4 members (excludes halogenated alkanes) is 1. The van der Waals surface area contributed by atoms with Gasteiger partial charge in [-0.3, -0.25) is 4.79 Å². The van der Waals surface area contributed by atoms with E-state index in [4.69, 9.17) is 17.2 Å². The highest BCUT2D eigenvalue weighted by atomic mass is 16.4. The molecule has 5 heteroatoms. The van der Waals surface area contributed by atoms with Gasteiger partial charge in [0.25, 0.3) is 0 Å². The van der Waals surface area contributed by atoms with E-state index >= 15 is 0 Å². The van der Waals surface area contributed by atoms with Crippen LogP contribution in [0, 0.1) is 0 Å². The van der Waals surface area contributed by atoms with E-state index in [1.54, 1.807) is 0 Å². The van der Waals surface area contributed by atoms with Crippen molar-refractivity contribution in [2.75, 3.05) is 6.54 Å². The van der Waals surface area contributed by atoms with Crippen LogP contribution in [0.25, 0.3) is 0 Å². The van der Waals surface area contributed by atoms with Crippen molar-refractivity contribution < 1.29 is 9.90 Å². The zero-order valence-corrected chi connectivity index (χ0v) is 13.7. The SMILES string of the molecule is NCCCC[C@](N)(C(=O)O)C(N)(c1ccccc1)c1ccccc1. The van der Waals surface area contributed by atoms with Crippen LogP contribution in [0.5, 0.6) is 0 Å². The maximum absolute atomic E-state index is 12.2. The van der Waals surface area contributed by atoms with Gasteiger partial charge in [-0.1, -0.05) is 60.7 Å². The summed E-state index contributed by atoms with van der Waals surface area (Å²) in [5.74, 6) is -1.12. The van der Waals surface area contributed by atoms with Crippen LogP contribution in [0.4, 0.5) is 0 Å². The Bertz CT molecular complexity index is 621. The Hall–Kier alpha value is -2.21. The van der Waals surface area contributed by atoms with Crippen molar-refractivity contribution >= 4 is 5.97 Å². The Balaban J connectivity index is 2.62. The molecule has 0 radical (unpaired) electrons. The van der Waals surface area contributed by atoms with E-state index in [0.29, 0.717) is 30.5 Å². The molecule has 24 heavy (non-hydrogen) atoms. The van der Waals surface area contributed by atoms with Crippen molar-refractivity contribution in [1.82, 2.24) is 0 Å². The molecule has 0 amide bonds. The fourth-order valence-electron chi connectivity index (χ4n) is 3.10. The summed E-state index contributed by atoms with van der Waals surface area (Å²) >= 11 is 0. The summed E-state index contributed by atoms with van der Waals surface area (Å²) in [4.78, 5) is 12.2. The molecular formula is C19H25N3O2. The standard InChI is InChI=1S/C19H25N3O2/c20-14-8-7-13-18(21,17(23)24)19(22,15-9-3-1-4-10-15)16-11-5-2-6-12-16/h1-6,9-12H,7-8,13-14,20-22H2,(H,23,24)/t18-/m0/s1. The molecule has 2 aromatic carbocycles. The smallest absolute Gasteiger partial charge is 0.326 e. The van der Waals surface area contributed by atoms with Crippen molar-refractivity contribution in [3.05, 3.63) is 71.8 Å². The molecule has 2 aromatic rings. The molecule has 128 valence electrons. The molecule has 0 fully saturated rings. The van der Waals surface area contributed by atoms with Crippen LogP contribution in [0.15, 0.2) is 60.7 Å². The normalized spacial score (nSPS) is 14.1. The van der Waals surface area contributed by atoms with E-state index in [1.165, 1.54) is 0 Å². The van der Waals surface area contributed by atoms with Crippen LogP contribution in [0.3, 0.4) is 0 Å². The molecule has 2 rings (SSSR count). The summed E-state index contributed by atoms with van der Waals surface area (Å²) in [6, 6.07) is 18.3. The molecule has 0 aliphatic heterocycles. The molecule has 0 heterocycles. The molecular weight excluding hydrogens is 302 g/mol. The summed E-state index contributed by atoms with van der Waals surface area (Å²) in [6.45, 7) is 0.490. The van der Waals surface area contributed by atoms with Gasteiger partial charge in [0.15, 0.2) is 0 Å². The van der Waals surface area contributed by atoms with Crippen LogP contribution >= 0.6 is 0 Å². The number of carboxylic acids is 1. The quantitative estimate of drug-likeness (QED) is 0.552. The van der Waals surface area contributed by atoms with Crippen LogP contribution in [0.2, 0.25) is 0 Å². The fourth-order valence-corrected chi connectivity index (χ4v) is 3.10. The first-order valence-corrected chi connectivity index (χ1v) is 8.09. The topological polar surface area (TPSA) is 115 Å². The molecule has 7 N–H and O–H groups in total. The predicted molar refractivity (Wildman–Crippen MR) is 95.3 cm³/mol. The summed E-state index contributed by atoms with van der Waals surface area (Å²) in [5, 5.41) is 9.95. The monoisotopic (exact) mass is 327 g/mol. The molecule has 1 atom stereocenters. The average Bonchev–Trinajstić information content (AvgIpc) is 2.62. The Morgan fingerprint density at radius 1 is 0.875 bits per heavy atom. The molecule has 0 aliphatic rings. The molecule has 0 bridgehead atoms. The Morgan fingerprint density at radius 3 is 1.71 bits per heavy atom. The summed E-state index contributed by atoms with van der Waals surface area (Å²) in [6.07, 6.45) is 1.53. The van der Waals surface area contributed by atoms with E-state index in [-0.39, 0.29) is 6.42 Å². The number of carbonyl (C=O) groups is 1. The number of benzene rings is 2. The van der Waals surface area contributed by atoms with Crippen LogP contribution in [-0.2, 0) is 10.3 Å². The van der Waals surface area contributed by atoms with Gasteiger partial charge in [-0.05, 0) is 36.9 Å². The summed E-state index contributed by atoms with van der Waals surface area (Å²) in [5.41, 5.74) is 17.1. The van der Waals surface area contributed by atoms with Gasteiger partial charge < -0.3 is 22.3 Å². The summed E-state index contributed by atoms with van der Waals surface area (Å²) < 4.78 is 0. The number of nitrogens with two attached hydrogens (primary N) is 3. The third-order valence-electron chi connectivity index (χ3n) is 4.57. The Kier molecular flexibility index (Phi) is 5.72. The van der Waals surface area contributed by atoms with Crippen molar-refractivity contribution in [1.29, 1.82) is 0 Å². The molecule has 0 aliphatic carbocycles. The molecule has 0 saturated heterocycles. The molecule has 5 nitrogen and oxygen atoms in total. The van der Waals surface area contributed by atoms with Gasteiger partial charge in [0.1, 0.15) is 5.54 Å². The van der Waals surface area contributed by atoms with Gasteiger partial charge in [-0.2, -0.15) is 0 Å². The zero-order valence-electron chi connectivity index (χ0n) is 13.7. The van der Waals surface area contributed by atoms with Gasteiger partial charge in [-0.15, -0.1) is 0 Å². The van der Waals surface area contributed by atoms with Gasteiger partial charge >= 0.3 is 5.97 Å². The van der Waals surface area contributed by atoms with Crippen LogP contribution in [0.1, 0.15) is 30.4 Å². The second-order valence-electron chi connectivity index (χ2n) is 6.06. The minimum Gasteiger partial charge on any atom is -0.480 e. The molecule has 0 unspecified atom stereocenters. The maximum Gasteiger partial charge on any atom is 0.326 e. The molecule has 0 spiro atoms. The van der Waals surface area contributed by atoms with Crippen LogP contribution < -0.4 is 17.2 Å². The van der Waals surface area contributed by atoms with Crippen LogP contribution in [-0.4, -0.2) is 23.2 Å². The van der Waals surface area contributed by atoms with E-state index in [0.717, 1.165) is 0 Å². The lowest BCUT2D eigenvalue weighted by Crippen LogP contribution is -2.68. The minimum atomic E-state index is -1.65. The second-order valence-corrected chi connectivity index (χ2v) is 6.06. The lowest BCUT2D eigenvalue weighted by molar-refractivity contribution is -0.146. The zero-order chi connectivity index (χ0) is 17.6. The first kappa shape index (κ1) is 18.1.